The molecule has 0 aromatic rings. The fraction of sp³-hybridized carbons (Fsp3) is 0.250. The van der Waals surface area contributed by atoms with Gasteiger partial charge in [-0.3, -0.25) is 0 Å². The summed E-state index contributed by atoms with van der Waals surface area (Å²) in [5.74, 6) is 0. The molecule has 1 heteroatoms. The van der Waals surface area contributed by atoms with Crippen LogP contribution in [0.5, 0.6) is 0 Å². The normalized spacial score (nSPS) is 12.2. The molecular formula is C4H6Cl. The minimum Gasteiger partial charge on any atom is -0.0895 e. The Morgan fingerprint density at radius 2 is 2.20 bits per heavy atom. The molecule has 0 saturated heterocycles. The van der Waals surface area contributed by atoms with Gasteiger partial charge in [-0.05, 0) is 13.8 Å². The lowest BCUT2D eigenvalue weighted by molar-refractivity contribution is 1.71. The van der Waals surface area contributed by atoms with E-state index in [9.17, 15) is 0 Å². The molecule has 0 fully saturated rings. The highest BCUT2D eigenvalue weighted by molar-refractivity contribution is 6.30. The van der Waals surface area contributed by atoms with Crippen LogP contribution in [0.15, 0.2) is 11.1 Å². The van der Waals surface area contributed by atoms with Crippen molar-refractivity contribution < 1.29 is 0 Å². The lowest BCUT2D eigenvalue weighted by Gasteiger charge is -1.69. The molecule has 0 saturated carbocycles. The Kier molecular flexibility index (Phi) is 2.29. The highest BCUT2D eigenvalue weighted by atomic mass is 35.5. The molecule has 0 aliphatic carbocycles. The van der Waals surface area contributed by atoms with Crippen LogP contribution in [0.2, 0.25) is 0 Å². The number of allylic oxidation sites excluding steroid dienone is 2. The Bertz CT molecular complexity index is 41.6. The topological polar surface area (TPSA) is 0 Å². The molecule has 29 valence electrons. The zero-order valence-electron chi connectivity index (χ0n) is 3.16. The van der Waals surface area contributed by atoms with E-state index < -0.39 is 0 Å². The molecule has 0 aliphatic heterocycles. The van der Waals surface area contributed by atoms with Crippen LogP contribution in [0.1, 0.15) is 6.92 Å². The van der Waals surface area contributed by atoms with E-state index in [2.05, 4.69) is 6.92 Å². The fourth-order valence-electron chi connectivity index (χ4n) is 0. The molecule has 0 aliphatic rings. The van der Waals surface area contributed by atoms with Crippen LogP contribution in [0.4, 0.5) is 0 Å². The lowest BCUT2D eigenvalue weighted by atomic mass is 10.6. The average Bonchev–Trinajstić information content (AvgIpc) is 1.38. The van der Waals surface area contributed by atoms with Crippen LogP contribution < -0.4 is 0 Å². The summed E-state index contributed by atoms with van der Waals surface area (Å²) in [5, 5.41) is 0.602. The van der Waals surface area contributed by atoms with Gasteiger partial charge in [0.2, 0.25) is 0 Å². The predicted octanol–water partition coefficient (Wildman–Crippen LogP) is 1.96. The molecule has 0 atom stereocenters. The van der Waals surface area contributed by atoms with Crippen LogP contribution in [0.25, 0.3) is 0 Å². The molecule has 0 amide bonds. The first kappa shape index (κ1) is 5.03. The first-order valence-electron chi connectivity index (χ1n) is 1.41. The zero-order valence-corrected chi connectivity index (χ0v) is 3.92. The summed E-state index contributed by atoms with van der Waals surface area (Å²) in [4.78, 5) is 0. The molecular weight excluding hydrogens is 83.5 g/mol. The molecule has 0 rings (SSSR count). The summed E-state index contributed by atoms with van der Waals surface area (Å²) in [6.45, 7) is 5.23. The summed E-state index contributed by atoms with van der Waals surface area (Å²) in [5.41, 5.74) is 0. The van der Waals surface area contributed by atoms with Gasteiger partial charge in [-0.15, -0.1) is 0 Å². The Morgan fingerprint density at radius 1 is 2.00 bits per heavy atom. The van der Waals surface area contributed by atoms with E-state index in [1.807, 2.05) is 6.92 Å². The van der Waals surface area contributed by atoms with E-state index in [0.29, 0.717) is 5.03 Å². The molecule has 1 radical (unpaired) electrons. The van der Waals surface area contributed by atoms with Crippen molar-refractivity contribution in [1.29, 1.82) is 0 Å². The van der Waals surface area contributed by atoms with Gasteiger partial charge in [0, 0.05) is 5.03 Å². The van der Waals surface area contributed by atoms with Crippen LogP contribution in [0.3, 0.4) is 0 Å². The number of rotatable bonds is 0. The van der Waals surface area contributed by atoms with Gasteiger partial charge in [0.15, 0.2) is 0 Å². The second kappa shape index (κ2) is 2.28. The van der Waals surface area contributed by atoms with Gasteiger partial charge < -0.3 is 0 Å². The summed E-state index contributed by atoms with van der Waals surface area (Å²) in [6.07, 6.45) is 1.74. The zero-order chi connectivity index (χ0) is 4.28. The maximum atomic E-state index is 5.21. The maximum absolute atomic E-state index is 5.21. The largest absolute Gasteiger partial charge is 0.0895 e. The molecule has 0 aromatic heterocycles. The predicted molar refractivity (Wildman–Crippen MR) is 25.0 cm³/mol. The Labute approximate surface area is 37.4 Å². The van der Waals surface area contributed by atoms with E-state index in [1.54, 1.807) is 6.08 Å². The minimum absolute atomic E-state index is 0.602. The van der Waals surface area contributed by atoms with Gasteiger partial charge >= 0.3 is 0 Å². The summed E-state index contributed by atoms with van der Waals surface area (Å²) < 4.78 is 0. The van der Waals surface area contributed by atoms with Crippen LogP contribution in [0, 0.1) is 6.92 Å². The molecule has 0 bridgehead atoms. The third kappa shape index (κ3) is 4.03. The van der Waals surface area contributed by atoms with Crippen molar-refractivity contribution in [2.45, 2.75) is 6.92 Å². The fourth-order valence-corrected chi connectivity index (χ4v) is 0. The number of hydrogen-bond donors (Lipinski definition) is 0. The van der Waals surface area contributed by atoms with Gasteiger partial charge in [0.05, 0.1) is 0 Å². The van der Waals surface area contributed by atoms with Gasteiger partial charge in [0.25, 0.3) is 0 Å². The molecule has 0 aromatic carbocycles. The number of halogens is 1. The summed E-state index contributed by atoms with van der Waals surface area (Å²) in [7, 11) is 0. The van der Waals surface area contributed by atoms with E-state index in [-0.39, 0.29) is 0 Å². The van der Waals surface area contributed by atoms with Crippen molar-refractivity contribution in [3.63, 3.8) is 0 Å². The molecule has 0 unspecified atom stereocenters. The van der Waals surface area contributed by atoms with E-state index >= 15 is 0 Å². The molecule has 5 heavy (non-hydrogen) atoms. The average molecular weight is 89.5 g/mol. The summed E-state index contributed by atoms with van der Waals surface area (Å²) in [6, 6.07) is 0. The Hall–Kier alpha value is 0.0300. The third-order valence-electron chi connectivity index (χ3n) is 0.313. The van der Waals surface area contributed by atoms with Gasteiger partial charge in [0.1, 0.15) is 0 Å². The quantitative estimate of drug-likeness (QED) is 0.426. The third-order valence-corrected chi connectivity index (χ3v) is 0.531. The second-order valence-electron chi connectivity index (χ2n) is 0.736. The smallest absolute Gasteiger partial charge is 0.0142 e. The van der Waals surface area contributed by atoms with Crippen molar-refractivity contribution in [1.82, 2.24) is 0 Å². The van der Waals surface area contributed by atoms with Gasteiger partial charge in [-0.25, -0.2) is 0 Å². The lowest BCUT2D eigenvalue weighted by Crippen LogP contribution is -1.46. The summed E-state index contributed by atoms with van der Waals surface area (Å²) >= 11 is 5.21. The molecule has 0 spiro atoms. The maximum Gasteiger partial charge on any atom is 0.0142 e. The van der Waals surface area contributed by atoms with Crippen LogP contribution >= 0.6 is 11.6 Å². The second-order valence-corrected chi connectivity index (χ2v) is 1.22. The Morgan fingerprint density at radius 3 is 2.20 bits per heavy atom. The number of hydrogen-bond acceptors (Lipinski definition) is 0. The molecule has 0 nitrogen and oxygen atoms in total. The minimum atomic E-state index is 0.602. The van der Waals surface area contributed by atoms with Crippen molar-refractivity contribution in [3.8, 4) is 0 Å². The monoisotopic (exact) mass is 89.0 g/mol. The van der Waals surface area contributed by atoms with Crippen molar-refractivity contribution in [2.75, 3.05) is 0 Å². The van der Waals surface area contributed by atoms with Gasteiger partial charge in [-0.2, -0.15) is 0 Å². The highest BCUT2D eigenvalue weighted by Gasteiger charge is 1.64. The van der Waals surface area contributed by atoms with Crippen molar-refractivity contribution in [3.05, 3.63) is 18.0 Å². The van der Waals surface area contributed by atoms with E-state index in [0.717, 1.165) is 0 Å². The molecule has 0 heterocycles. The van der Waals surface area contributed by atoms with Crippen molar-refractivity contribution >= 4 is 11.6 Å². The Balaban J connectivity index is 3.14. The highest BCUT2D eigenvalue weighted by Crippen LogP contribution is 1.92. The van der Waals surface area contributed by atoms with Crippen molar-refractivity contribution in [2.24, 2.45) is 0 Å². The van der Waals surface area contributed by atoms with Crippen LogP contribution in [-0.4, -0.2) is 0 Å². The van der Waals surface area contributed by atoms with E-state index in [1.165, 1.54) is 0 Å². The SMILES string of the molecule is [CH2]/C(Cl)=C/C. The standard InChI is InChI=1S/C4H6Cl/c1-3-4(2)5/h3H,2H2,1H3/b4-3-. The first-order chi connectivity index (χ1) is 2.27. The van der Waals surface area contributed by atoms with E-state index in [4.69, 9.17) is 11.6 Å². The van der Waals surface area contributed by atoms with Gasteiger partial charge in [-0.1, -0.05) is 17.7 Å². The van der Waals surface area contributed by atoms with Crippen LogP contribution in [-0.2, 0) is 0 Å². The molecule has 0 N–H and O–H groups in total. The first-order valence-corrected chi connectivity index (χ1v) is 1.79.